The van der Waals surface area contributed by atoms with Gasteiger partial charge in [0, 0.05) is 5.57 Å². The van der Waals surface area contributed by atoms with Crippen LogP contribution in [0, 0.1) is 5.92 Å². The van der Waals surface area contributed by atoms with Crippen molar-refractivity contribution < 1.29 is 9.90 Å². The van der Waals surface area contributed by atoms with Crippen LogP contribution < -0.4 is 0 Å². The number of carboxylic acid groups (broad SMARTS) is 1. The monoisotopic (exact) mass is 140 g/mol. The van der Waals surface area contributed by atoms with Gasteiger partial charge in [-0.05, 0) is 25.2 Å². The largest absolute Gasteiger partial charge is 0.478 e. The summed E-state index contributed by atoms with van der Waals surface area (Å²) in [4.78, 5) is 10.4. The van der Waals surface area contributed by atoms with Crippen molar-refractivity contribution in [3.05, 3.63) is 11.6 Å². The molecule has 2 heteroatoms. The van der Waals surface area contributed by atoms with Gasteiger partial charge in [-0.2, -0.15) is 0 Å². The van der Waals surface area contributed by atoms with Gasteiger partial charge in [0.1, 0.15) is 0 Å². The fourth-order valence-electron chi connectivity index (χ4n) is 1.16. The van der Waals surface area contributed by atoms with Crippen LogP contribution in [-0.4, -0.2) is 11.1 Å². The van der Waals surface area contributed by atoms with Gasteiger partial charge >= 0.3 is 5.97 Å². The van der Waals surface area contributed by atoms with Crippen LogP contribution in [0.2, 0.25) is 0 Å². The summed E-state index contributed by atoms with van der Waals surface area (Å²) < 4.78 is 0. The van der Waals surface area contributed by atoms with Gasteiger partial charge in [-0.3, -0.25) is 0 Å². The second kappa shape index (κ2) is 2.86. The normalized spacial score (nSPS) is 25.7. The Kier molecular flexibility index (Phi) is 2.10. The first kappa shape index (κ1) is 7.32. The van der Waals surface area contributed by atoms with Crippen LogP contribution in [0.15, 0.2) is 11.6 Å². The highest BCUT2D eigenvalue weighted by atomic mass is 16.4. The van der Waals surface area contributed by atoms with E-state index in [0.717, 1.165) is 19.3 Å². The molecule has 0 heterocycles. The molecule has 0 fully saturated rings. The zero-order valence-electron chi connectivity index (χ0n) is 6.13. The molecule has 1 aliphatic rings. The molecule has 10 heavy (non-hydrogen) atoms. The molecule has 0 bridgehead atoms. The molecule has 0 radical (unpaired) electrons. The molecule has 0 spiro atoms. The molecular weight excluding hydrogens is 128 g/mol. The number of hydrogen-bond acceptors (Lipinski definition) is 1. The van der Waals surface area contributed by atoms with Gasteiger partial charge in [0.05, 0.1) is 0 Å². The van der Waals surface area contributed by atoms with Crippen molar-refractivity contribution in [1.82, 2.24) is 0 Å². The average Bonchev–Trinajstić information content (AvgIpc) is 1.88. The third-order valence-corrected chi connectivity index (χ3v) is 1.95. The first-order valence-electron chi connectivity index (χ1n) is 3.62. The van der Waals surface area contributed by atoms with Crippen LogP contribution in [0.5, 0.6) is 0 Å². The summed E-state index contributed by atoms with van der Waals surface area (Å²) in [5, 5.41) is 8.56. The highest BCUT2D eigenvalue weighted by molar-refractivity contribution is 5.86. The lowest BCUT2D eigenvalue weighted by atomic mass is 9.91. The quantitative estimate of drug-likeness (QED) is 0.603. The molecule has 0 saturated heterocycles. The van der Waals surface area contributed by atoms with Crippen LogP contribution in [0.25, 0.3) is 0 Å². The van der Waals surface area contributed by atoms with Crippen LogP contribution in [-0.2, 0) is 4.79 Å². The summed E-state index contributed by atoms with van der Waals surface area (Å²) in [5.41, 5.74) is 0.595. The SMILES string of the molecule is CC1CC=C(C(=O)O)CC1. The Labute approximate surface area is 60.6 Å². The summed E-state index contributed by atoms with van der Waals surface area (Å²) >= 11 is 0. The van der Waals surface area contributed by atoms with Crippen LogP contribution in [0.4, 0.5) is 0 Å². The lowest BCUT2D eigenvalue weighted by Gasteiger charge is -2.14. The number of rotatable bonds is 1. The van der Waals surface area contributed by atoms with Crippen molar-refractivity contribution >= 4 is 5.97 Å². The third kappa shape index (κ3) is 1.59. The maximum absolute atomic E-state index is 10.4. The molecular formula is C8H12O2. The minimum Gasteiger partial charge on any atom is -0.478 e. The van der Waals surface area contributed by atoms with E-state index < -0.39 is 5.97 Å². The smallest absolute Gasteiger partial charge is 0.331 e. The Morgan fingerprint density at radius 2 is 2.50 bits per heavy atom. The summed E-state index contributed by atoms with van der Waals surface area (Å²) in [6, 6.07) is 0. The highest BCUT2D eigenvalue weighted by Crippen LogP contribution is 2.22. The maximum atomic E-state index is 10.4. The molecule has 56 valence electrons. The van der Waals surface area contributed by atoms with Crippen LogP contribution in [0.3, 0.4) is 0 Å². The van der Waals surface area contributed by atoms with E-state index in [1.165, 1.54) is 0 Å². The number of carbonyl (C=O) groups is 1. The molecule has 0 aliphatic heterocycles. The van der Waals surface area contributed by atoms with E-state index >= 15 is 0 Å². The maximum Gasteiger partial charge on any atom is 0.331 e. The second-order valence-electron chi connectivity index (χ2n) is 2.91. The molecule has 0 amide bonds. The molecule has 2 nitrogen and oxygen atoms in total. The van der Waals surface area contributed by atoms with Crippen molar-refractivity contribution in [2.45, 2.75) is 26.2 Å². The molecule has 1 aliphatic carbocycles. The Bertz CT molecular complexity index is 170. The number of aliphatic carboxylic acids is 1. The van der Waals surface area contributed by atoms with E-state index in [4.69, 9.17) is 5.11 Å². The number of hydrogen-bond donors (Lipinski definition) is 1. The zero-order valence-corrected chi connectivity index (χ0v) is 6.13. The summed E-state index contributed by atoms with van der Waals surface area (Å²) in [5.74, 6) is -0.0741. The molecule has 1 rings (SSSR count). The Hall–Kier alpha value is -0.790. The molecule has 1 atom stereocenters. The van der Waals surface area contributed by atoms with Gasteiger partial charge in [0.2, 0.25) is 0 Å². The van der Waals surface area contributed by atoms with E-state index in [1.54, 1.807) is 0 Å². The molecule has 0 aromatic heterocycles. The molecule has 0 aromatic carbocycles. The number of allylic oxidation sites excluding steroid dienone is 1. The average molecular weight is 140 g/mol. The van der Waals surface area contributed by atoms with E-state index in [0.29, 0.717) is 11.5 Å². The minimum atomic E-state index is -0.744. The van der Waals surface area contributed by atoms with Crippen molar-refractivity contribution in [1.29, 1.82) is 0 Å². The first-order chi connectivity index (χ1) is 4.70. The van der Waals surface area contributed by atoms with Crippen LogP contribution in [0.1, 0.15) is 26.2 Å². The highest BCUT2D eigenvalue weighted by Gasteiger charge is 2.14. The predicted molar refractivity (Wildman–Crippen MR) is 38.7 cm³/mol. The van der Waals surface area contributed by atoms with Gasteiger partial charge in [-0.25, -0.2) is 4.79 Å². The van der Waals surface area contributed by atoms with Crippen molar-refractivity contribution in [2.75, 3.05) is 0 Å². The fraction of sp³-hybridized carbons (Fsp3) is 0.625. The fourth-order valence-corrected chi connectivity index (χ4v) is 1.16. The Morgan fingerprint density at radius 3 is 2.90 bits per heavy atom. The first-order valence-corrected chi connectivity index (χ1v) is 3.62. The zero-order chi connectivity index (χ0) is 7.56. The van der Waals surface area contributed by atoms with Gasteiger partial charge in [-0.15, -0.1) is 0 Å². The van der Waals surface area contributed by atoms with Crippen molar-refractivity contribution in [3.63, 3.8) is 0 Å². The van der Waals surface area contributed by atoms with E-state index in [9.17, 15) is 4.79 Å². The minimum absolute atomic E-state index is 0.595. The Balaban J connectivity index is 2.56. The summed E-state index contributed by atoms with van der Waals surface area (Å²) in [7, 11) is 0. The van der Waals surface area contributed by atoms with E-state index in [2.05, 4.69) is 6.92 Å². The van der Waals surface area contributed by atoms with Crippen LogP contribution >= 0.6 is 0 Å². The van der Waals surface area contributed by atoms with Gasteiger partial charge in [-0.1, -0.05) is 13.0 Å². The van der Waals surface area contributed by atoms with Crippen molar-refractivity contribution in [3.8, 4) is 0 Å². The van der Waals surface area contributed by atoms with E-state index in [1.807, 2.05) is 6.08 Å². The lowest BCUT2D eigenvalue weighted by molar-refractivity contribution is -0.132. The lowest BCUT2D eigenvalue weighted by Crippen LogP contribution is -2.08. The summed E-state index contributed by atoms with van der Waals surface area (Å²) in [6.07, 6.45) is 4.55. The molecule has 0 aromatic rings. The Morgan fingerprint density at radius 1 is 1.80 bits per heavy atom. The van der Waals surface area contributed by atoms with Gasteiger partial charge in [0.15, 0.2) is 0 Å². The molecule has 1 unspecified atom stereocenters. The van der Waals surface area contributed by atoms with E-state index in [-0.39, 0.29) is 0 Å². The second-order valence-corrected chi connectivity index (χ2v) is 2.91. The van der Waals surface area contributed by atoms with Gasteiger partial charge in [0.25, 0.3) is 0 Å². The van der Waals surface area contributed by atoms with Gasteiger partial charge < -0.3 is 5.11 Å². The third-order valence-electron chi connectivity index (χ3n) is 1.95. The predicted octanol–water partition coefficient (Wildman–Crippen LogP) is 1.82. The molecule has 0 saturated carbocycles. The summed E-state index contributed by atoms with van der Waals surface area (Å²) in [6.45, 7) is 2.15. The topological polar surface area (TPSA) is 37.3 Å². The number of carboxylic acids is 1. The van der Waals surface area contributed by atoms with Crippen molar-refractivity contribution in [2.24, 2.45) is 5.92 Å². The standard InChI is InChI=1S/C8H12O2/c1-6-2-4-7(5-3-6)8(9)10/h4,6H,2-3,5H2,1H3,(H,9,10). The molecule has 1 N–H and O–H groups in total.